The summed E-state index contributed by atoms with van der Waals surface area (Å²) in [6.07, 6.45) is 1.10. The predicted molar refractivity (Wildman–Crippen MR) is 57.7 cm³/mol. The molecule has 1 heterocycles. The molecular formula is C11H21NO3. The summed E-state index contributed by atoms with van der Waals surface area (Å²) < 4.78 is 10.1. The largest absolute Gasteiger partial charge is 0.468 e. The van der Waals surface area contributed by atoms with E-state index in [0.717, 1.165) is 19.5 Å². The first-order chi connectivity index (χ1) is 7.15. The van der Waals surface area contributed by atoms with Crippen molar-refractivity contribution in [1.82, 2.24) is 4.90 Å². The van der Waals surface area contributed by atoms with Gasteiger partial charge in [-0.05, 0) is 18.9 Å². The second kappa shape index (κ2) is 6.08. The van der Waals surface area contributed by atoms with Gasteiger partial charge in [0.25, 0.3) is 0 Å². The quantitative estimate of drug-likeness (QED) is 0.653. The third-order valence-electron chi connectivity index (χ3n) is 2.71. The van der Waals surface area contributed by atoms with Gasteiger partial charge in [-0.15, -0.1) is 0 Å². The fourth-order valence-electron chi connectivity index (χ4n) is 1.68. The Balaban J connectivity index is 2.46. The van der Waals surface area contributed by atoms with Crippen LogP contribution >= 0.6 is 0 Å². The second-order valence-corrected chi connectivity index (χ2v) is 4.33. The molecule has 4 nitrogen and oxygen atoms in total. The lowest BCUT2D eigenvalue weighted by Crippen LogP contribution is -2.50. The van der Waals surface area contributed by atoms with Crippen LogP contribution in [0.4, 0.5) is 0 Å². The van der Waals surface area contributed by atoms with Crippen molar-refractivity contribution >= 4 is 5.97 Å². The summed E-state index contributed by atoms with van der Waals surface area (Å²) in [5.41, 5.74) is 0. The first kappa shape index (κ1) is 12.5. The lowest BCUT2D eigenvalue weighted by molar-refractivity contribution is -0.153. The molecular weight excluding hydrogens is 194 g/mol. The van der Waals surface area contributed by atoms with Gasteiger partial charge in [-0.25, -0.2) is 0 Å². The van der Waals surface area contributed by atoms with Crippen LogP contribution in [0.15, 0.2) is 0 Å². The molecule has 0 bridgehead atoms. The lowest BCUT2D eigenvalue weighted by Gasteiger charge is -2.33. The van der Waals surface area contributed by atoms with Crippen molar-refractivity contribution in [3.8, 4) is 0 Å². The lowest BCUT2D eigenvalue weighted by atomic mass is 10.1. The highest BCUT2D eigenvalue weighted by molar-refractivity contribution is 5.75. The highest BCUT2D eigenvalue weighted by atomic mass is 16.5. The van der Waals surface area contributed by atoms with Gasteiger partial charge in [-0.3, -0.25) is 9.69 Å². The van der Waals surface area contributed by atoms with E-state index in [9.17, 15) is 4.79 Å². The van der Waals surface area contributed by atoms with Crippen LogP contribution in [0.2, 0.25) is 0 Å². The molecule has 88 valence electrons. The molecule has 0 aromatic rings. The Hall–Kier alpha value is -0.610. The molecule has 1 atom stereocenters. The van der Waals surface area contributed by atoms with Gasteiger partial charge < -0.3 is 9.47 Å². The molecule has 0 amide bonds. The zero-order valence-electron chi connectivity index (χ0n) is 9.86. The van der Waals surface area contributed by atoms with E-state index in [1.807, 2.05) is 0 Å². The average molecular weight is 215 g/mol. The summed E-state index contributed by atoms with van der Waals surface area (Å²) in [4.78, 5) is 13.6. The second-order valence-electron chi connectivity index (χ2n) is 4.33. The molecule has 1 rings (SSSR count). The molecule has 1 aliphatic heterocycles. The average Bonchev–Trinajstić information content (AvgIpc) is 2.25. The molecule has 0 aromatic carbocycles. The van der Waals surface area contributed by atoms with Crippen molar-refractivity contribution in [2.75, 3.05) is 33.4 Å². The van der Waals surface area contributed by atoms with Crippen molar-refractivity contribution in [2.24, 2.45) is 5.92 Å². The normalized spacial score (nSPS) is 23.1. The highest BCUT2D eigenvalue weighted by Crippen LogP contribution is 2.11. The Morgan fingerprint density at radius 1 is 1.60 bits per heavy atom. The van der Waals surface area contributed by atoms with Gasteiger partial charge in [0, 0.05) is 6.54 Å². The minimum atomic E-state index is -0.206. The van der Waals surface area contributed by atoms with Crippen molar-refractivity contribution < 1.29 is 14.3 Å². The Bertz CT molecular complexity index is 206. The van der Waals surface area contributed by atoms with E-state index in [4.69, 9.17) is 9.47 Å². The third kappa shape index (κ3) is 3.80. The van der Waals surface area contributed by atoms with Crippen LogP contribution in [-0.4, -0.2) is 50.3 Å². The Labute approximate surface area is 91.5 Å². The zero-order valence-corrected chi connectivity index (χ0v) is 9.86. The Morgan fingerprint density at radius 2 is 2.33 bits per heavy atom. The number of carbonyl (C=O) groups excluding carboxylic acids is 1. The van der Waals surface area contributed by atoms with Gasteiger partial charge in [0.05, 0.1) is 20.3 Å². The van der Waals surface area contributed by atoms with Gasteiger partial charge in [0.15, 0.2) is 0 Å². The van der Waals surface area contributed by atoms with E-state index in [1.54, 1.807) is 0 Å². The minimum Gasteiger partial charge on any atom is -0.468 e. The SMILES string of the molecule is COC(=O)C1COCCN1CCC(C)C. The number of morpholine rings is 1. The summed E-state index contributed by atoms with van der Waals surface area (Å²) in [5, 5.41) is 0. The minimum absolute atomic E-state index is 0.182. The number of nitrogens with zero attached hydrogens (tertiary/aromatic N) is 1. The van der Waals surface area contributed by atoms with Gasteiger partial charge in [-0.2, -0.15) is 0 Å². The molecule has 0 radical (unpaired) electrons. The van der Waals surface area contributed by atoms with Crippen LogP contribution < -0.4 is 0 Å². The summed E-state index contributed by atoms with van der Waals surface area (Å²) in [5.74, 6) is 0.476. The van der Waals surface area contributed by atoms with Crippen molar-refractivity contribution in [1.29, 1.82) is 0 Å². The van der Waals surface area contributed by atoms with Crippen LogP contribution in [0.25, 0.3) is 0 Å². The molecule has 0 aliphatic carbocycles. The van der Waals surface area contributed by atoms with E-state index in [0.29, 0.717) is 19.1 Å². The van der Waals surface area contributed by atoms with E-state index >= 15 is 0 Å². The summed E-state index contributed by atoms with van der Waals surface area (Å²) in [6, 6.07) is -0.206. The number of rotatable bonds is 4. The molecule has 0 saturated carbocycles. The third-order valence-corrected chi connectivity index (χ3v) is 2.71. The van der Waals surface area contributed by atoms with Crippen LogP contribution in [0.3, 0.4) is 0 Å². The maximum atomic E-state index is 11.5. The first-order valence-corrected chi connectivity index (χ1v) is 5.54. The molecule has 1 aliphatic rings. The standard InChI is InChI=1S/C11H21NO3/c1-9(2)4-5-12-6-7-15-8-10(12)11(13)14-3/h9-10H,4-8H2,1-3H3. The van der Waals surface area contributed by atoms with Crippen LogP contribution in [0, 0.1) is 5.92 Å². The monoisotopic (exact) mass is 215 g/mol. The van der Waals surface area contributed by atoms with Crippen LogP contribution in [0.5, 0.6) is 0 Å². The Morgan fingerprint density at radius 3 is 2.93 bits per heavy atom. The maximum Gasteiger partial charge on any atom is 0.325 e. The molecule has 1 saturated heterocycles. The number of ether oxygens (including phenoxy) is 2. The van der Waals surface area contributed by atoms with E-state index in [-0.39, 0.29) is 12.0 Å². The first-order valence-electron chi connectivity index (χ1n) is 5.54. The summed E-state index contributed by atoms with van der Waals surface area (Å²) in [7, 11) is 1.43. The molecule has 1 fully saturated rings. The van der Waals surface area contributed by atoms with E-state index < -0.39 is 0 Å². The van der Waals surface area contributed by atoms with E-state index in [2.05, 4.69) is 18.7 Å². The van der Waals surface area contributed by atoms with E-state index in [1.165, 1.54) is 7.11 Å². The fraction of sp³-hybridized carbons (Fsp3) is 0.909. The number of methoxy groups -OCH3 is 1. The zero-order chi connectivity index (χ0) is 11.3. The van der Waals surface area contributed by atoms with Gasteiger partial charge in [0.2, 0.25) is 0 Å². The fourth-order valence-corrected chi connectivity index (χ4v) is 1.68. The number of esters is 1. The molecule has 15 heavy (non-hydrogen) atoms. The summed E-state index contributed by atoms with van der Waals surface area (Å²) >= 11 is 0. The molecule has 0 aromatic heterocycles. The molecule has 4 heteroatoms. The van der Waals surface area contributed by atoms with Crippen LogP contribution in [0.1, 0.15) is 20.3 Å². The maximum absolute atomic E-state index is 11.5. The highest BCUT2D eigenvalue weighted by Gasteiger charge is 2.29. The molecule has 0 N–H and O–H groups in total. The van der Waals surface area contributed by atoms with Crippen molar-refractivity contribution in [2.45, 2.75) is 26.3 Å². The smallest absolute Gasteiger partial charge is 0.325 e. The topological polar surface area (TPSA) is 38.8 Å². The summed E-state index contributed by atoms with van der Waals surface area (Å²) in [6.45, 7) is 7.32. The van der Waals surface area contributed by atoms with Gasteiger partial charge >= 0.3 is 5.97 Å². The number of hydrogen-bond donors (Lipinski definition) is 0. The van der Waals surface area contributed by atoms with Gasteiger partial charge in [-0.1, -0.05) is 13.8 Å². The van der Waals surface area contributed by atoms with Gasteiger partial charge in [0.1, 0.15) is 6.04 Å². The number of carbonyl (C=O) groups is 1. The van der Waals surface area contributed by atoms with Crippen molar-refractivity contribution in [3.63, 3.8) is 0 Å². The predicted octanol–water partition coefficient (Wildman–Crippen LogP) is 0.906. The number of hydrogen-bond acceptors (Lipinski definition) is 4. The van der Waals surface area contributed by atoms with Crippen LogP contribution in [-0.2, 0) is 14.3 Å². The van der Waals surface area contributed by atoms with Crippen molar-refractivity contribution in [3.05, 3.63) is 0 Å². The molecule has 0 spiro atoms. The Kier molecular flexibility index (Phi) is 5.05. The molecule has 1 unspecified atom stereocenters.